The van der Waals surface area contributed by atoms with Gasteiger partial charge in [0.15, 0.2) is 0 Å². The van der Waals surface area contributed by atoms with E-state index in [-0.39, 0.29) is 12.0 Å². The smallest absolute Gasteiger partial charge is 0.201 e. The number of hydrogen-bond donors (Lipinski definition) is 0. The molecule has 0 bridgehead atoms. The summed E-state index contributed by atoms with van der Waals surface area (Å²) >= 11 is 10.7. The molecule has 0 fully saturated rings. The average Bonchev–Trinajstić information content (AvgIpc) is 2.45. The predicted octanol–water partition coefficient (Wildman–Crippen LogP) is 5.38. The van der Waals surface area contributed by atoms with Gasteiger partial charge in [-0.05, 0) is 17.2 Å². The Morgan fingerprint density at radius 1 is 0.833 bits per heavy atom. The average molecular weight is 423 g/mol. The first-order valence-electron chi connectivity index (χ1n) is 6.22. The lowest BCUT2D eigenvalue weighted by Gasteiger charge is -2.38. The van der Waals surface area contributed by atoms with Gasteiger partial charge in [0.2, 0.25) is 0 Å². The van der Waals surface area contributed by atoms with Gasteiger partial charge in [0, 0.05) is 0 Å². The van der Waals surface area contributed by atoms with Gasteiger partial charge in [0.1, 0.15) is 0 Å². The fraction of sp³-hybridized carbons (Fsp3) is 0.500. The molecule has 12 heteroatoms. The maximum Gasteiger partial charge on any atom is 0.460 e. The Kier molecular flexibility index (Phi) is 5.61. The monoisotopic (exact) mass is 422 g/mol. The van der Waals surface area contributed by atoms with E-state index in [1.165, 1.54) is 19.1 Å². The summed E-state index contributed by atoms with van der Waals surface area (Å²) in [6.07, 6.45) is -6.94. The summed E-state index contributed by atoms with van der Waals surface area (Å²) in [5, 5.41) is -0.751. The SMILES string of the molecule is CCc1ccccc1[Si](Cl)(Cl)C(F)(F)C(F)(F)C(F)(F)C(F)(F)F. The van der Waals surface area contributed by atoms with Crippen LogP contribution >= 0.6 is 22.2 Å². The molecule has 0 radical (unpaired) electrons. The summed E-state index contributed by atoms with van der Waals surface area (Å²) in [4.78, 5) is 0. The van der Waals surface area contributed by atoms with E-state index in [1.54, 1.807) is 0 Å². The second-order valence-corrected chi connectivity index (χ2v) is 11.1. The molecular weight excluding hydrogens is 414 g/mol. The molecule has 0 heterocycles. The van der Waals surface area contributed by atoms with Crippen LogP contribution in [0.25, 0.3) is 0 Å². The molecule has 0 saturated heterocycles. The van der Waals surface area contributed by atoms with E-state index < -0.39 is 35.4 Å². The van der Waals surface area contributed by atoms with E-state index in [0.29, 0.717) is 0 Å². The van der Waals surface area contributed by atoms with E-state index in [2.05, 4.69) is 0 Å². The fourth-order valence-corrected chi connectivity index (χ4v) is 5.55. The van der Waals surface area contributed by atoms with Gasteiger partial charge >= 0.3 is 30.3 Å². The van der Waals surface area contributed by atoms with Crippen molar-refractivity contribution in [2.24, 2.45) is 0 Å². The molecule has 0 aliphatic carbocycles. The van der Waals surface area contributed by atoms with Crippen molar-refractivity contribution in [1.29, 1.82) is 0 Å². The third-order valence-corrected chi connectivity index (χ3v) is 8.19. The fourth-order valence-electron chi connectivity index (χ4n) is 1.88. The van der Waals surface area contributed by atoms with Crippen molar-refractivity contribution in [1.82, 2.24) is 0 Å². The van der Waals surface area contributed by atoms with Crippen molar-refractivity contribution in [3.8, 4) is 0 Å². The van der Waals surface area contributed by atoms with E-state index in [4.69, 9.17) is 22.2 Å². The summed E-state index contributed by atoms with van der Waals surface area (Å²) < 4.78 is 118. The molecule has 0 aliphatic rings. The van der Waals surface area contributed by atoms with Crippen LogP contribution in [0.4, 0.5) is 39.5 Å². The van der Waals surface area contributed by atoms with Crippen LogP contribution in [0.3, 0.4) is 0 Å². The number of halogens is 11. The summed E-state index contributed by atoms with van der Waals surface area (Å²) in [7, 11) is 0. The third kappa shape index (κ3) is 3.01. The number of hydrogen-bond acceptors (Lipinski definition) is 0. The second kappa shape index (κ2) is 6.28. The van der Waals surface area contributed by atoms with Gasteiger partial charge in [-0.15, -0.1) is 22.2 Å². The maximum atomic E-state index is 14.1. The van der Waals surface area contributed by atoms with Gasteiger partial charge in [-0.1, -0.05) is 31.2 Å². The Morgan fingerprint density at radius 2 is 1.29 bits per heavy atom. The Morgan fingerprint density at radius 3 is 1.71 bits per heavy atom. The van der Waals surface area contributed by atoms with Gasteiger partial charge in [-0.3, -0.25) is 0 Å². The molecule has 0 spiro atoms. The minimum Gasteiger partial charge on any atom is -0.201 e. The summed E-state index contributed by atoms with van der Waals surface area (Å²) in [5.41, 5.74) is -6.06. The van der Waals surface area contributed by atoms with Crippen LogP contribution in [0.2, 0.25) is 0 Å². The van der Waals surface area contributed by atoms with Crippen molar-refractivity contribution in [2.75, 3.05) is 0 Å². The number of benzene rings is 1. The summed E-state index contributed by atoms with van der Waals surface area (Å²) in [5.74, 6) is -13.9. The normalized spacial score (nSPS) is 14.8. The molecule has 1 aromatic carbocycles. The first kappa shape index (κ1) is 21.4. The molecular formula is C12H9Cl2F9Si. The first-order valence-corrected chi connectivity index (χ1v) is 10.2. The highest BCUT2D eigenvalue weighted by atomic mass is 35.7. The number of aryl methyl sites for hydroxylation is 1. The highest BCUT2D eigenvalue weighted by molar-refractivity contribution is 7.52. The van der Waals surface area contributed by atoms with Crippen LogP contribution in [0.5, 0.6) is 0 Å². The minimum absolute atomic E-state index is 0.0261. The zero-order valence-electron chi connectivity index (χ0n) is 11.7. The molecule has 1 rings (SSSR count). The van der Waals surface area contributed by atoms with Gasteiger partial charge in [0.05, 0.1) is 0 Å². The highest BCUT2D eigenvalue weighted by Crippen LogP contribution is 2.56. The van der Waals surface area contributed by atoms with Crippen molar-refractivity contribution < 1.29 is 39.5 Å². The van der Waals surface area contributed by atoms with Crippen LogP contribution in [0.15, 0.2) is 24.3 Å². The van der Waals surface area contributed by atoms with Crippen LogP contribution in [0, 0.1) is 0 Å². The van der Waals surface area contributed by atoms with Gasteiger partial charge in [-0.25, -0.2) is 8.78 Å². The molecule has 0 atom stereocenters. The Balaban J connectivity index is 3.56. The topological polar surface area (TPSA) is 0 Å². The van der Waals surface area contributed by atoms with E-state index >= 15 is 0 Å². The van der Waals surface area contributed by atoms with E-state index in [0.717, 1.165) is 12.1 Å². The maximum absolute atomic E-state index is 14.1. The first-order chi connectivity index (χ1) is 10.6. The Bertz CT molecular complexity index is 598. The van der Waals surface area contributed by atoms with Crippen LogP contribution in [-0.4, -0.2) is 30.3 Å². The molecule has 0 aliphatic heterocycles. The molecule has 1 aromatic rings. The minimum atomic E-state index is -7.02. The number of alkyl halides is 9. The lowest BCUT2D eigenvalue weighted by molar-refractivity contribution is -0.383. The lowest BCUT2D eigenvalue weighted by Crippen LogP contribution is -2.71. The molecule has 138 valence electrons. The Hall–Kier alpha value is -0.613. The van der Waals surface area contributed by atoms with Crippen LogP contribution in [-0.2, 0) is 6.42 Å². The van der Waals surface area contributed by atoms with Gasteiger partial charge in [0.25, 0.3) is 0 Å². The molecule has 0 saturated carbocycles. The van der Waals surface area contributed by atoms with Crippen molar-refractivity contribution in [2.45, 2.75) is 36.9 Å². The number of rotatable bonds is 5. The van der Waals surface area contributed by atoms with Crippen molar-refractivity contribution in [3.63, 3.8) is 0 Å². The molecule has 0 N–H and O–H groups in total. The molecule has 24 heavy (non-hydrogen) atoms. The van der Waals surface area contributed by atoms with Gasteiger partial charge in [-0.2, -0.15) is 30.7 Å². The van der Waals surface area contributed by atoms with Crippen molar-refractivity contribution >= 4 is 34.0 Å². The van der Waals surface area contributed by atoms with E-state index in [1.807, 2.05) is 0 Å². The lowest BCUT2D eigenvalue weighted by atomic mass is 10.1. The predicted molar refractivity (Wildman–Crippen MR) is 73.8 cm³/mol. The summed E-state index contributed by atoms with van der Waals surface area (Å²) in [6, 6.07) is 4.39. The molecule has 0 unspecified atom stereocenters. The molecule has 0 amide bonds. The Labute approximate surface area is 141 Å². The highest BCUT2D eigenvalue weighted by Gasteiger charge is 2.86. The van der Waals surface area contributed by atoms with Crippen molar-refractivity contribution in [3.05, 3.63) is 29.8 Å². The summed E-state index contributed by atoms with van der Waals surface area (Å²) in [6.45, 7) is -4.40. The molecule has 0 nitrogen and oxygen atoms in total. The van der Waals surface area contributed by atoms with E-state index in [9.17, 15) is 39.5 Å². The zero-order chi connectivity index (χ0) is 19.2. The quantitative estimate of drug-likeness (QED) is 0.339. The standard InChI is InChI=1S/C12H9Cl2F9Si/c1-2-7-5-3-4-6-8(7)24(13,14)12(22,23)10(17,18)9(15,16)11(19,20)21/h3-6H,2H2,1H3. The molecule has 0 aromatic heterocycles. The largest absolute Gasteiger partial charge is 0.460 e. The van der Waals surface area contributed by atoms with Crippen LogP contribution in [0.1, 0.15) is 12.5 Å². The second-order valence-electron chi connectivity index (χ2n) is 4.81. The van der Waals surface area contributed by atoms with Gasteiger partial charge < -0.3 is 0 Å². The third-order valence-electron chi connectivity index (χ3n) is 3.28. The zero-order valence-corrected chi connectivity index (χ0v) is 14.2. The van der Waals surface area contributed by atoms with Crippen LogP contribution < -0.4 is 5.19 Å².